The van der Waals surface area contributed by atoms with Gasteiger partial charge in [0.05, 0.1) is 5.54 Å². The third kappa shape index (κ3) is 2.52. The number of anilines is 1. The van der Waals surface area contributed by atoms with Crippen LogP contribution in [-0.4, -0.2) is 28.2 Å². The van der Waals surface area contributed by atoms with E-state index in [4.69, 9.17) is 11.5 Å². The molecule has 5 N–H and O–H groups in total. The van der Waals surface area contributed by atoms with Gasteiger partial charge in [-0.15, -0.1) is 10.2 Å². The van der Waals surface area contributed by atoms with E-state index < -0.39 is 5.91 Å². The first-order valence-corrected chi connectivity index (χ1v) is 5.67. The van der Waals surface area contributed by atoms with Crippen LogP contribution in [0.15, 0.2) is 12.1 Å². The maximum Gasteiger partial charge on any atom is 0.269 e. The van der Waals surface area contributed by atoms with Gasteiger partial charge in [-0.05, 0) is 37.8 Å². The highest BCUT2D eigenvalue weighted by atomic mass is 16.1. The Morgan fingerprint density at radius 1 is 1.53 bits per heavy atom. The third-order valence-corrected chi connectivity index (χ3v) is 3.23. The number of amides is 1. The quantitative estimate of drug-likeness (QED) is 0.671. The number of nitrogens with one attached hydrogen (secondary N) is 1. The highest BCUT2D eigenvalue weighted by molar-refractivity contribution is 5.90. The van der Waals surface area contributed by atoms with Crippen LogP contribution in [-0.2, 0) is 0 Å². The van der Waals surface area contributed by atoms with E-state index in [1.54, 1.807) is 12.1 Å². The number of nitrogens with zero attached hydrogens (tertiary/aromatic N) is 2. The maximum atomic E-state index is 10.9. The van der Waals surface area contributed by atoms with Crippen molar-refractivity contribution in [3.05, 3.63) is 17.8 Å². The molecule has 1 fully saturated rings. The summed E-state index contributed by atoms with van der Waals surface area (Å²) in [5, 5.41) is 11.0. The fourth-order valence-electron chi connectivity index (χ4n) is 1.86. The number of carbonyl (C=O) groups is 1. The standard InChI is InChI=1S/C11H17N5O/c1-11(6-12,7-2-3-7)14-9-5-4-8(10(13)17)15-16-9/h4-5,7H,2-3,6,12H2,1H3,(H2,13,17)(H,14,16). The average molecular weight is 235 g/mol. The van der Waals surface area contributed by atoms with Crippen LogP contribution in [0.4, 0.5) is 5.82 Å². The molecule has 1 aromatic rings. The van der Waals surface area contributed by atoms with Gasteiger partial charge in [-0.2, -0.15) is 0 Å². The molecule has 1 atom stereocenters. The van der Waals surface area contributed by atoms with Crippen molar-refractivity contribution in [3.8, 4) is 0 Å². The molecule has 1 amide bonds. The topological polar surface area (TPSA) is 107 Å². The smallest absolute Gasteiger partial charge is 0.269 e. The number of hydrogen-bond donors (Lipinski definition) is 3. The van der Waals surface area contributed by atoms with Crippen molar-refractivity contribution in [1.29, 1.82) is 0 Å². The van der Waals surface area contributed by atoms with Crippen molar-refractivity contribution >= 4 is 11.7 Å². The SMILES string of the molecule is CC(CN)(Nc1ccc(C(N)=O)nn1)C1CC1. The summed E-state index contributed by atoms with van der Waals surface area (Å²) in [6.07, 6.45) is 2.38. The number of aromatic nitrogens is 2. The Hall–Kier alpha value is -1.69. The molecule has 0 bridgehead atoms. The average Bonchev–Trinajstić information content (AvgIpc) is 3.13. The molecule has 92 valence electrons. The van der Waals surface area contributed by atoms with Crippen molar-refractivity contribution in [2.45, 2.75) is 25.3 Å². The highest BCUT2D eigenvalue weighted by Gasteiger charge is 2.40. The Labute approximate surface area is 99.8 Å². The first-order valence-electron chi connectivity index (χ1n) is 5.67. The van der Waals surface area contributed by atoms with Gasteiger partial charge in [-0.3, -0.25) is 4.79 Å². The molecular weight excluding hydrogens is 218 g/mol. The van der Waals surface area contributed by atoms with Crippen molar-refractivity contribution in [2.24, 2.45) is 17.4 Å². The van der Waals surface area contributed by atoms with Crippen LogP contribution in [0.25, 0.3) is 0 Å². The minimum absolute atomic E-state index is 0.150. The molecule has 17 heavy (non-hydrogen) atoms. The van der Waals surface area contributed by atoms with E-state index in [1.807, 2.05) is 0 Å². The maximum absolute atomic E-state index is 10.9. The zero-order valence-electron chi connectivity index (χ0n) is 9.81. The molecule has 1 unspecified atom stereocenters. The normalized spacial score (nSPS) is 18.5. The van der Waals surface area contributed by atoms with Gasteiger partial charge >= 0.3 is 0 Å². The summed E-state index contributed by atoms with van der Waals surface area (Å²) in [7, 11) is 0. The molecule has 6 heteroatoms. The second kappa shape index (κ2) is 4.29. The third-order valence-electron chi connectivity index (χ3n) is 3.23. The first kappa shape index (κ1) is 11.8. The summed E-state index contributed by atoms with van der Waals surface area (Å²) in [6, 6.07) is 3.25. The van der Waals surface area contributed by atoms with Crippen molar-refractivity contribution in [2.75, 3.05) is 11.9 Å². The van der Waals surface area contributed by atoms with Crippen LogP contribution in [0.3, 0.4) is 0 Å². The summed E-state index contributed by atoms with van der Waals surface area (Å²) in [5.41, 5.74) is 10.9. The zero-order valence-corrected chi connectivity index (χ0v) is 9.81. The molecule has 0 spiro atoms. The molecule has 2 rings (SSSR count). The lowest BCUT2D eigenvalue weighted by Gasteiger charge is -2.29. The number of hydrogen-bond acceptors (Lipinski definition) is 5. The molecule has 0 aliphatic heterocycles. The Balaban J connectivity index is 2.10. The van der Waals surface area contributed by atoms with E-state index in [9.17, 15) is 4.79 Å². The molecule has 1 aliphatic rings. The lowest BCUT2D eigenvalue weighted by Crippen LogP contribution is -2.45. The minimum atomic E-state index is -0.576. The van der Waals surface area contributed by atoms with Crippen LogP contribution < -0.4 is 16.8 Å². The van der Waals surface area contributed by atoms with Crippen LogP contribution in [0.5, 0.6) is 0 Å². The summed E-state index contributed by atoms with van der Waals surface area (Å²) in [5.74, 6) is 0.632. The minimum Gasteiger partial charge on any atom is -0.364 e. The summed E-state index contributed by atoms with van der Waals surface area (Å²) >= 11 is 0. The fraction of sp³-hybridized carbons (Fsp3) is 0.545. The first-order chi connectivity index (χ1) is 8.05. The summed E-state index contributed by atoms with van der Waals surface area (Å²) < 4.78 is 0. The van der Waals surface area contributed by atoms with Crippen molar-refractivity contribution in [3.63, 3.8) is 0 Å². The number of nitrogens with two attached hydrogens (primary N) is 2. The molecule has 1 saturated carbocycles. The van der Waals surface area contributed by atoms with Gasteiger partial charge in [0.25, 0.3) is 5.91 Å². The van der Waals surface area contributed by atoms with Gasteiger partial charge in [-0.25, -0.2) is 0 Å². The van der Waals surface area contributed by atoms with Crippen molar-refractivity contribution in [1.82, 2.24) is 10.2 Å². The Morgan fingerprint density at radius 3 is 2.65 bits per heavy atom. The molecule has 0 aromatic carbocycles. The van der Waals surface area contributed by atoms with Gasteiger partial charge in [0, 0.05) is 6.54 Å². The molecule has 1 heterocycles. The molecular formula is C11H17N5O. The summed E-state index contributed by atoms with van der Waals surface area (Å²) in [6.45, 7) is 2.62. The van der Waals surface area contributed by atoms with Gasteiger partial charge < -0.3 is 16.8 Å². The second-order valence-corrected chi connectivity index (χ2v) is 4.69. The molecule has 1 aliphatic carbocycles. The molecule has 6 nitrogen and oxygen atoms in total. The lowest BCUT2D eigenvalue weighted by atomic mass is 9.96. The van der Waals surface area contributed by atoms with Crippen LogP contribution >= 0.6 is 0 Å². The highest BCUT2D eigenvalue weighted by Crippen LogP contribution is 2.40. The second-order valence-electron chi connectivity index (χ2n) is 4.69. The Kier molecular flexibility index (Phi) is 2.97. The van der Waals surface area contributed by atoms with E-state index in [2.05, 4.69) is 22.4 Å². The zero-order chi connectivity index (χ0) is 12.5. The van der Waals surface area contributed by atoms with Crippen LogP contribution in [0, 0.1) is 5.92 Å². The van der Waals surface area contributed by atoms with Gasteiger partial charge in [-0.1, -0.05) is 0 Å². The fourth-order valence-corrected chi connectivity index (χ4v) is 1.86. The van der Waals surface area contributed by atoms with E-state index in [-0.39, 0.29) is 11.2 Å². The number of rotatable bonds is 5. The van der Waals surface area contributed by atoms with E-state index in [1.165, 1.54) is 12.8 Å². The Bertz CT molecular complexity index is 414. The predicted octanol–water partition coefficient (Wildman–Crippen LogP) is 0.115. The monoisotopic (exact) mass is 235 g/mol. The molecule has 0 radical (unpaired) electrons. The predicted molar refractivity (Wildman–Crippen MR) is 64.4 cm³/mol. The Morgan fingerprint density at radius 2 is 2.24 bits per heavy atom. The largest absolute Gasteiger partial charge is 0.364 e. The van der Waals surface area contributed by atoms with Gasteiger partial charge in [0.15, 0.2) is 5.69 Å². The van der Waals surface area contributed by atoms with Crippen LogP contribution in [0.2, 0.25) is 0 Å². The number of primary amides is 1. The number of carbonyl (C=O) groups excluding carboxylic acids is 1. The summed E-state index contributed by atoms with van der Waals surface area (Å²) in [4.78, 5) is 10.9. The van der Waals surface area contributed by atoms with Crippen molar-refractivity contribution < 1.29 is 4.79 Å². The van der Waals surface area contributed by atoms with Gasteiger partial charge in [0.2, 0.25) is 0 Å². The molecule has 0 saturated heterocycles. The van der Waals surface area contributed by atoms with E-state index in [0.717, 1.165) is 0 Å². The van der Waals surface area contributed by atoms with E-state index in [0.29, 0.717) is 18.3 Å². The molecule has 1 aromatic heterocycles. The van der Waals surface area contributed by atoms with Gasteiger partial charge in [0.1, 0.15) is 5.82 Å². The van der Waals surface area contributed by atoms with Crippen LogP contribution in [0.1, 0.15) is 30.3 Å². The lowest BCUT2D eigenvalue weighted by molar-refractivity contribution is 0.0994. The van der Waals surface area contributed by atoms with E-state index >= 15 is 0 Å².